The van der Waals surface area contributed by atoms with Crippen molar-refractivity contribution in [2.75, 3.05) is 0 Å². The average Bonchev–Trinajstić information content (AvgIpc) is 2.50. The molecule has 0 unspecified atom stereocenters. The molecular formula is C19H35NO2S. The molecule has 23 heavy (non-hydrogen) atoms. The molecule has 0 atom stereocenters. The Hall–Kier alpha value is -0.770. The second-order valence-corrected chi connectivity index (χ2v) is 6.59. The predicted molar refractivity (Wildman–Crippen MR) is 102 cm³/mol. The van der Waals surface area contributed by atoms with E-state index in [0.29, 0.717) is 6.42 Å². The first kappa shape index (κ1) is 22.2. The normalized spacial score (nSPS) is 11.0. The maximum absolute atomic E-state index is 11.2. The number of thiol groups is 1. The van der Waals surface area contributed by atoms with Crippen molar-refractivity contribution in [2.45, 2.75) is 96.8 Å². The molecule has 0 radical (unpaired) electrons. The van der Waals surface area contributed by atoms with Crippen molar-refractivity contribution in [1.82, 2.24) is 5.32 Å². The lowest BCUT2D eigenvalue weighted by Gasteiger charge is -2.01. The summed E-state index contributed by atoms with van der Waals surface area (Å²) in [6.07, 6.45) is 21.2. The van der Waals surface area contributed by atoms with E-state index in [9.17, 15) is 9.59 Å². The fourth-order valence-electron chi connectivity index (χ4n) is 2.54. The van der Waals surface area contributed by atoms with Crippen molar-refractivity contribution < 1.29 is 9.59 Å². The van der Waals surface area contributed by atoms with Crippen LogP contribution in [0.3, 0.4) is 0 Å². The standard InChI is InChI=1S/C19H35NO2S/c1-2-3-4-5-6-7-8-9-10-11-12-13-14-15-16-17-18(21)20-19(22)23/h9-10H,2-8,11-17H2,1H3,(H2,20,21,22,23). The molecule has 3 nitrogen and oxygen atoms in total. The lowest BCUT2D eigenvalue weighted by molar-refractivity contribution is -0.119. The Morgan fingerprint density at radius 1 is 0.783 bits per heavy atom. The van der Waals surface area contributed by atoms with Crippen LogP contribution in [0.15, 0.2) is 12.2 Å². The highest BCUT2D eigenvalue weighted by Crippen LogP contribution is 2.09. The second kappa shape index (κ2) is 17.6. The molecular weight excluding hydrogens is 306 g/mol. The van der Waals surface area contributed by atoms with Crippen molar-refractivity contribution in [1.29, 1.82) is 0 Å². The lowest BCUT2D eigenvalue weighted by atomic mass is 10.1. The van der Waals surface area contributed by atoms with Gasteiger partial charge in [0.2, 0.25) is 5.91 Å². The molecule has 0 aromatic carbocycles. The van der Waals surface area contributed by atoms with Gasteiger partial charge in [-0.15, -0.1) is 0 Å². The second-order valence-electron chi connectivity index (χ2n) is 6.19. The van der Waals surface area contributed by atoms with E-state index in [1.807, 2.05) is 0 Å². The van der Waals surface area contributed by atoms with E-state index in [-0.39, 0.29) is 5.91 Å². The van der Waals surface area contributed by atoms with Crippen LogP contribution in [0.4, 0.5) is 4.79 Å². The van der Waals surface area contributed by atoms with Crippen LogP contribution in [0.2, 0.25) is 0 Å². The van der Waals surface area contributed by atoms with Gasteiger partial charge < -0.3 is 0 Å². The van der Waals surface area contributed by atoms with Gasteiger partial charge in [-0.2, -0.15) is 0 Å². The molecule has 0 bridgehead atoms. The first-order valence-corrected chi connectivity index (χ1v) is 9.79. The molecule has 134 valence electrons. The summed E-state index contributed by atoms with van der Waals surface area (Å²) in [5.74, 6) is -0.220. The maximum atomic E-state index is 11.2. The summed E-state index contributed by atoms with van der Waals surface area (Å²) in [6, 6.07) is 0. The third-order valence-electron chi connectivity index (χ3n) is 3.91. The smallest absolute Gasteiger partial charge is 0.282 e. The molecule has 2 amide bonds. The van der Waals surface area contributed by atoms with E-state index in [4.69, 9.17) is 0 Å². The summed E-state index contributed by atoms with van der Waals surface area (Å²) in [7, 11) is 0. The van der Waals surface area contributed by atoms with Gasteiger partial charge >= 0.3 is 0 Å². The van der Waals surface area contributed by atoms with Crippen LogP contribution in [-0.4, -0.2) is 11.1 Å². The van der Waals surface area contributed by atoms with Crippen molar-refractivity contribution in [2.24, 2.45) is 0 Å². The number of imide groups is 1. The maximum Gasteiger partial charge on any atom is 0.282 e. The monoisotopic (exact) mass is 341 g/mol. The Morgan fingerprint density at radius 3 is 1.78 bits per heavy atom. The molecule has 0 aliphatic rings. The Kier molecular flexibility index (Phi) is 17.0. The highest BCUT2D eigenvalue weighted by atomic mass is 32.1. The number of hydrogen-bond acceptors (Lipinski definition) is 2. The molecule has 0 aromatic heterocycles. The number of carbonyl (C=O) groups is 2. The van der Waals surface area contributed by atoms with E-state index in [1.165, 1.54) is 64.2 Å². The highest BCUT2D eigenvalue weighted by Gasteiger charge is 2.02. The van der Waals surface area contributed by atoms with Crippen LogP contribution in [0.5, 0.6) is 0 Å². The molecule has 0 aliphatic carbocycles. The predicted octanol–water partition coefficient (Wildman–Crippen LogP) is 6.19. The van der Waals surface area contributed by atoms with Gasteiger partial charge in [-0.25, -0.2) is 0 Å². The summed E-state index contributed by atoms with van der Waals surface area (Å²) >= 11 is 3.51. The quantitative estimate of drug-likeness (QED) is 0.212. The number of rotatable bonds is 15. The molecule has 4 heteroatoms. The fourth-order valence-corrected chi connectivity index (χ4v) is 2.66. The van der Waals surface area contributed by atoms with Gasteiger partial charge in [-0.3, -0.25) is 14.9 Å². The van der Waals surface area contributed by atoms with Gasteiger partial charge in [-0.1, -0.05) is 83.1 Å². The first-order chi connectivity index (χ1) is 11.2. The van der Waals surface area contributed by atoms with Crippen LogP contribution >= 0.6 is 12.6 Å². The number of unbranched alkanes of at least 4 members (excludes halogenated alkanes) is 11. The third kappa shape index (κ3) is 19.2. The van der Waals surface area contributed by atoms with Crippen LogP contribution in [0.1, 0.15) is 96.8 Å². The summed E-state index contributed by atoms with van der Waals surface area (Å²) in [5, 5.41) is 1.60. The van der Waals surface area contributed by atoms with Gasteiger partial charge in [0.15, 0.2) is 0 Å². The zero-order chi connectivity index (χ0) is 17.2. The number of allylic oxidation sites excluding steroid dienone is 2. The van der Waals surface area contributed by atoms with Gasteiger partial charge in [0, 0.05) is 6.42 Å². The molecule has 0 fully saturated rings. The molecule has 0 aliphatic heterocycles. The summed E-state index contributed by atoms with van der Waals surface area (Å²) in [6.45, 7) is 2.26. The molecule has 0 saturated heterocycles. The lowest BCUT2D eigenvalue weighted by Crippen LogP contribution is -2.25. The zero-order valence-electron chi connectivity index (χ0n) is 14.8. The average molecular weight is 342 g/mol. The molecule has 0 spiro atoms. The molecule has 0 saturated carbocycles. The minimum absolute atomic E-state index is 0.220. The van der Waals surface area contributed by atoms with Crippen molar-refractivity contribution in [3.05, 3.63) is 12.2 Å². The van der Waals surface area contributed by atoms with E-state index < -0.39 is 5.24 Å². The van der Waals surface area contributed by atoms with Crippen LogP contribution in [0.25, 0.3) is 0 Å². The number of nitrogens with one attached hydrogen (secondary N) is 1. The minimum Gasteiger partial charge on any atom is -0.287 e. The number of hydrogen-bond donors (Lipinski definition) is 2. The van der Waals surface area contributed by atoms with Crippen molar-refractivity contribution in [3.63, 3.8) is 0 Å². The Balaban J connectivity index is 3.19. The summed E-state index contributed by atoms with van der Waals surface area (Å²) < 4.78 is 0. The van der Waals surface area contributed by atoms with E-state index in [2.05, 4.69) is 37.0 Å². The molecule has 1 N–H and O–H groups in total. The van der Waals surface area contributed by atoms with Gasteiger partial charge in [0.25, 0.3) is 5.24 Å². The topological polar surface area (TPSA) is 46.2 Å². The van der Waals surface area contributed by atoms with Crippen LogP contribution in [0, 0.1) is 0 Å². The van der Waals surface area contributed by atoms with Gasteiger partial charge in [0.1, 0.15) is 0 Å². The van der Waals surface area contributed by atoms with E-state index in [0.717, 1.165) is 19.3 Å². The fraction of sp³-hybridized carbons (Fsp3) is 0.789. The molecule has 0 rings (SSSR count). The highest BCUT2D eigenvalue weighted by molar-refractivity contribution is 7.96. The first-order valence-electron chi connectivity index (χ1n) is 9.34. The zero-order valence-corrected chi connectivity index (χ0v) is 15.7. The number of amides is 2. The molecule has 0 aromatic rings. The van der Waals surface area contributed by atoms with Crippen molar-refractivity contribution >= 4 is 23.8 Å². The van der Waals surface area contributed by atoms with Gasteiger partial charge in [0.05, 0.1) is 0 Å². The van der Waals surface area contributed by atoms with Crippen LogP contribution < -0.4 is 5.32 Å². The SMILES string of the molecule is CCCCCCCCC=CCCCCCCCC(=O)NC(=O)S. The summed E-state index contributed by atoms with van der Waals surface area (Å²) in [4.78, 5) is 21.7. The number of carbonyl (C=O) groups excluding carboxylic acids is 2. The van der Waals surface area contributed by atoms with E-state index in [1.54, 1.807) is 0 Å². The van der Waals surface area contributed by atoms with Gasteiger partial charge in [-0.05, 0) is 32.1 Å². The Morgan fingerprint density at radius 2 is 1.26 bits per heavy atom. The molecule has 0 heterocycles. The largest absolute Gasteiger partial charge is 0.287 e. The van der Waals surface area contributed by atoms with Crippen LogP contribution in [-0.2, 0) is 4.79 Å². The van der Waals surface area contributed by atoms with Crippen molar-refractivity contribution in [3.8, 4) is 0 Å². The Bertz CT molecular complexity index is 329. The van der Waals surface area contributed by atoms with E-state index >= 15 is 0 Å². The summed E-state index contributed by atoms with van der Waals surface area (Å²) in [5.41, 5.74) is 0. The Labute approximate surface area is 148 Å². The minimum atomic E-state index is -0.567. The third-order valence-corrected chi connectivity index (χ3v) is 4.02.